The molecule has 0 amide bonds. The van der Waals surface area contributed by atoms with Crippen molar-refractivity contribution in [2.45, 2.75) is 78.7 Å². The average molecular weight is 412 g/mol. The van der Waals surface area contributed by atoms with Crippen LogP contribution in [0, 0.1) is 5.41 Å². The number of unbranched alkanes of at least 4 members (excludes halogenated alkanes) is 3. The smallest absolute Gasteiger partial charge is 1.00 e. The zero-order valence-corrected chi connectivity index (χ0v) is 18.1. The van der Waals surface area contributed by atoms with Gasteiger partial charge in [-0.3, -0.25) is 9.59 Å². The van der Waals surface area contributed by atoms with Gasteiger partial charge in [-0.25, -0.2) is 0 Å². The van der Waals surface area contributed by atoms with Crippen LogP contribution in [0.5, 0.6) is 0 Å². The topological polar surface area (TPSA) is 63.6 Å². The van der Waals surface area contributed by atoms with Crippen molar-refractivity contribution in [1.82, 2.24) is 0 Å². The number of hydrogen-bond donors (Lipinski definition) is 1. The normalized spacial score (nSPS) is 14.1. The summed E-state index contributed by atoms with van der Waals surface area (Å²) in [4.78, 5) is 22.1. The molecular formula is C15H30BaO4. The Morgan fingerprint density at radius 3 is 2.05 bits per heavy atom. The van der Waals surface area contributed by atoms with Crippen molar-refractivity contribution in [3.8, 4) is 0 Å². The summed E-state index contributed by atoms with van der Waals surface area (Å²) in [5, 5.41) is 8.63. The molecule has 5 heteroatoms. The Hall–Kier alpha value is 0.511. The Bertz CT molecular complexity index is 319. The van der Waals surface area contributed by atoms with Crippen LogP contribution in [0.2, 0.25) is 0 Å². The van der Waals surface area contributed by atoms with Gasteiger partial charge in [0, 0.05) is 5.41 Å². The number of carbonyl (C=O) groups excluding carboxylic acids is 1. The molecule has 0 heterocycles. The van der Waals surface area contributed by atoms with Crippen molar-refractivity contribution in [3.05, 3.63) is 0 Å². The van der Waals surface area contributed by atoms with Crippen LogP contribution < -0.4 is 0 Å². The number of ether oxygens (including phenoxy) is 1. The Kier molecular flexibility index (Phi) is 11.7. The predicted molar refractivity (Wildman–Crippen MR) is 82.9 cm³/mol. The average Bonchev–Trinajstić information content (AvgIpc) is 2.21. The summed E-state index contributed by atoms with van der Waals surface area (Å²) in [6.45, 7) is 10.1. The number of carbonyl (C=O) groups is 2. The van der Waals surface area contributed by atoms with Gasteiger partial charge >= 0.3 is 60.8 Å². The van der Waals surface area contributed by atoms with E-state index in [4.69, 9.17) is 9.84 Å². The molecule has 0 aliphatic rings. The largest absolute Gasteiger partial charge is 2.00 e. The first-order valence-electron chi connectivity index (χ1n) is 7.06. The van der Waals surface area contributed by atoms with Crippen LogP contribution in [-0.2, 0) is 14.3 Å². The fourth-order valence-electron chi connectivity index (χ4n) is 1.88. The van der Waals surface area contributed by atoms with Gasteiger partial charge in [0.25, 0.3) is 0 Å². The zero-order valence-electron chi connectivity index (χ0n) is 15.6. The molecule has 116 valence electrons. The summed E-state index contributed by atoms with van der Waals surface area (Å²) in [6, 6.07) is 0. The molecule has 0 saturated carbocycles. The maximum Gasteiger partial charge on any atom is 2.00 e. The minimum Gasteiger partial charge on any atom is -1.00 e. The molecule has 0 radical (unpaired) electrons. The molecule has 0 aromatic heterocycles. The summed E-state index contributed by atoms with van der Waals surface area (Å²) < 4.78 is 5.47. The first kappa shape index (κ1) is 22.8. The van der Waals surface area contributed by atoms with E-state index in [1.807, 2.05) is 27.7 Å². The number of carboxylic acid groups (broad SMARTS) is 1. The molecule has 0 spiro atoms. The number of rotatable bonds is 8. The molecule has 20 heavy (non-hydrogen) atoms. The summed E-state index contributed by atoms with van der Waals surface area (Å²) in [6.07, 6.45) is 4.62. The first-order chi connectivity index (χ1) is 8.62. The second kappa shape index (κ2) is 10.3. The molecule has 0 aromatic rings. The maximum atomic E-state index is 11.6. The Labute approximate surface area is 166 Å². The van der Waals surface area contributed by atoms with E-state index in [2.05, 4.69) is 6.92 Å². The van der Waals surface area contributed by atoms with E-state index >= 15 is 0 Å². The van der Waals surface area contributed by atoms with Crippen molar-refractivity contribution in [1.29, 1.82) is 0 Å². The second-order valence-corrected chi connectivity index (χ2v) is 6.34. The fraction of sp³-hybridized carbons (Fsp3) is 0.867. The molecule has 0 aromatic carbocycles. The molecule has 4 nitrogen and oxygen atoms in total. The van der Waals surface area contributed by atoms with Crippen LogP contribution in [0.25, 0.3) is 0 Å². The third-order valence-electron chi connectivity index (χ3n) is 3.73. The van der Waals surface area contributed by atoms with Gasteiger partial charge in [-0.05, 0) is 19.8 Å². The van der Waals surface area contributed by atoms with E-state index in [9.17, 15) is 9.59 Å². The van der Waals surface area contributed by atoms with Gasteiger partial charge in [0.2, 0.25) is 0 Å². The van der Waals surface area contributed by atoms with Gasteiger partial charge in [0.05, 0.1) is 0 Å². The molecule has 1 unspecified atom stereocenters. The molecule has 1 atom stereocenters. The number of esters is 1. The monoisotopic (exact) mass is 412 g/mol. The summed E-state index contributed by atoms with van der Waals surface area (Å²) in [5.74, 6) is -1.80. The molecule has 0 bridgehead atoms. The van der Waals surface area contributed by atoms with Crippen molar-refractivity contribution < 1.29 is 22.3 Å². The summed E-state index contributed by atoms with van der Waals surface area (Å²) in [7, 11) is 0. The van der Waals surface area contributed by atoms with E-state index in [-0.39, 0.29) is 57.1 Å². The standard InChI is InChI=1S/C15H28O4.Ba.2H/c1-6-7-8-9-10-15(5,14(2,3)4)19-13(18)11-12(16)17;;;/h6-11H2,1-5H3,(H,16,17);;;/q;+2;2*-1. The molecule has 0 saturated heterocycles. The number of carboxylic acids is 1. The van der Waals surface area contributed by atoms with Gasteiger partial charge in [-0.1, -0.05) is 47.0 Å². The summed E-state index contributed by atoms with van der Waals surface area (Å²) in [5.41, 5.74) is -0.833. The molecule has 0 aliphatic heterocycles. The third kappa shape index (κ3) is 8.72. The van der Waals surface area contributed by atoms with Crippen LogP contribution >= 0.6 is 0 Å². The van der Waals surface area contributed by atoms with E-state index in [0.29, 0.717) is 0 Å². The van der Waals surface area contributed by atoms with E-state index in [0.717, 1.165) is 25.7 Å². The minimum absolute atomic E-state index is 0. The molecule has 0 fully saturated rings. The van der Waals surface area contributed by atoms with Crippen molar-refractivity contribution in [3.63, 3.8) is 0 Å². The Balaban J connectivity index is -0.000000540. The zero-order chi connectivity index (χ0) is 15.1. The van der Waals surface area contributed by atoms with Crippen molar-refractivity contribution in [2.24, 2.45) is 5.41 Å². The van der Waals surface area contributed by atoms with Crippen molar-refractivity contribution in [2.75, 3.05) is 0 Å². The van der Waals surface area contributed by atoms with Gasteiger partial charge < -0.3 is 12.7 Å². The minimum atomic E-state index is -1.15. The molecule has 0 aliphatic carbocycles. The van der Waals surface area contributed by atoms with Gasteiger partial charge in [0.15, 0.2) is 0 Å². The van der Waals surface area contributed by atoms with Gasteiger partial charge in [-0.15, -0.1) is 0 Å². The van der Waals surface area contributed by atoms with E-state index in [1.165, 1.54) is 6.42 Å². The van der Waals surface area contributed by atoms with Gasteiger partial charge in [-0.2, -0.15) is 0 Å². The quantitative estimate of drug-likeness (QED) is 0.287. The molecule has 0 rings (SSSR count). The van der Waals surface area contributed by atoms with Crippen molar-refractivity contribution >= 4 is 60.8 Å². The van der Waals surface area contributed by atoms with Crippen LogP contribution in [0.3, 0.4) is 0 Å². The second-order valence-electron chi connectivity index (χ2n) is 6.34. The molecular weight excluding hydrogens is 381 g/mol. The van der Waals surface area contributed by atoms with Crippen LogP contribution in [0.4, 0.5) is 0 Å². The maximum absolute atomic E-state index is 11.6. The molecule has 1 N–H and O–H groups in total. The third-order valence-corrected chi connectivity index (χ3v) is 3.73. The fourth-order valence-corrected chi connectivity index (χ4v) is 1.88. The predicted octanol–water partition coefficient (Wildman–Crippen LogP) is 3.62. The first-order valence-corrected chi connectivity index (χ1v) is 7.06. The Morgan fingerprint density at radius 2 is 1.65 bits per heavy atom. The van der Waals surface area contributed by atoms with E-state index < -0.39 is 24.0 Å². The SMILES string of the molecule is CCCCCCC(C)(OC(=O)CC(=O)O)C(C)(C)C.[Ba+2].[H-].[H-]. The Morgan fingerprint density at radius 1 is 1.10 bits per heavy atom. The number of aliphatic carboxylic acids is 1. The number of hydrogen-bond acceptors (Lipinski definition) is 3. The van der Waals surface area contributed by atoms with Crippen LogP contribution in [-0.4, -0.2) is 71.5 Å². The van der Waals surface area contributed by atoms with E-state index in [1.54, 1.807) is 0 Å². The van der Waals surface area contributed by atoms with Crippen LogP contribution in [0.1, 0.15) is 76.0 Å². The van der Waals surface area contributed by atoms with Crippen LogP contribution in [0.15, 0.2) is 0 Å². The summed E-state index contributed by atoms with van der Waals surface area (Å²) >= 11 is 0. The van der Waals surface area contributed by atoms with Gasteiger partial charge in [0.1, 0.15) is 12.0 Å².